The second-order valence-corrected chi connectivity index (χ2v) is 6.18. The Bertz CT molecular complexity index is 814. The van der Waals surface area contributed by atoms with E-state index in [-0.39, 0.29) is 18.6 Å². The molecule has 1 N–H and O–H groups in total. The SMILES string of the molecule is CCOC(=O)C(=Cc1ccc(N2Cc3ccccc3C2)cc1)CC(=O)O. The number of benzene rings is 2. The molecule has 0 aromatic heterocycles. The Hall–Kier alpha value is -3.08. The van der Waals surface area contributed by atoms with E-state index in [1.165, 1.54) is 11.1 Å². The molecular formula is C21H21NO4. The van der Waals surface area contributed by atoms with Crippen molar-refractivity contribution >= 4 is 23.7 Å². The zero-order chi connectivity index (χ0) is 18.5. The Morgan fingerprint density at radius 1 is 1.08 bits per heavy atom. The van der Waals surface area contributed by atoms with E-state index >= 15 is 0 Å². The molecule has 1 heterocycles. The molecule has 0 amide bonds. The molecule has 2 aromatic rings. The lowest BCUT2D eigenvalue weighted by molar-refractivity contribution is -0.142. The average Bonchev–Trinajstić information content (AvgIpc) is 3.06. The summed E-state index contributed by atoms with van der Waals surface area (Å²) in [6, 6.07) is 16.1. The maximum Gasteiger partial charge on any atom is 0.334 e. The van der Waals surface area contributed by atoms with Gasteiger partial charge in [0.1, 0.15) is 0 Å². The molecule has 1 aliphatic rings. The smallest absolute Gasteiger partial charge is 0.334 e. The third-order valence-electron chi connectivity index (χ3n) is 4.32. The number of hydrogen-bond acceptors (Lipinski definition) is 4. The van der Waals surface area contributed by atoms with Gasteiger partial charge in [-0.15, -0.1) is 0 Å². The highest BCUT2D eigenvalue weighted by atomic mass is 16.5. The first kappa shape index (κ1) is 17.7. The number of hydrogen-bond donors (Lipinski definition) is 1. The van der Waals surface area contributed by atoms with Crippen molar-refractivity contribution in [3.05, 3.63) is 70.8 Å². The van der Waals surface area contributed by atoms with Crippen LogP contribution in [0.25, 0.3) is 6.08 Å². The molecule has 0 spiro atoms. The Morgan fingerprint density at radius 3 is 2.23 bits per heavy atom. The van der Waals surface area contributed by atoms with E-state index in [0.717, 1.165) is 24.3 Å². The number of fused-ring (bicyclic) bond motifs is 1. The van der Waals surface area contributed by atoms with E-state index in [1.807, 2.05) is 24.3 Å². The molecule has 0 atom stereocenters. The van der Waals surface area contributed by atoms with Crippen molar-refractivity contribution < 1.29 is 19.4 Å². The van der Waals surface area contributed by atoms with Gasteiger partial charge >= 0.3 is 11.9 Å². The lowest BCUT2D eigenvalue weighted by Gasteiger charge is -2.17. The summed E-state index contributed by atoms with van der Waals surface area (Å²) in [5, 5.41) is 9.00. The molecule has 134 valence electrons. The molecule has 0 unspecified atom stereocenters. The van der Waals surface area contributed by atoms with Crippen molar-refractivity contribution in [2.45, 2.75) is 26.4 Å². The largest absolute Gasteiger partial charge is 0.481 e. The molecular weight excluding hydrogens is 330 g/mol. The minimum absolute atomic E-state index is 0.140. The maximum atomic E-state index is 11.9. The minimum atomic E-state index is -1.06. The Labute approximate surface area is 152 Å². The summed E-state index contributed by atoms with van der Waals surface area (Å²) in [6.45, 7) is 3.65. The van der Waals surface area contributed by atoms with Gasteiger partial charge in [0.05, 0.1) is 13.0 Å². The van der Waals surface area contributed by atoms with Crippen molar-refractivity contribution in [1.82, 2.24) is 0 Å². The quantitative estimate of drug-likeness (QED) is 0.636. The molecule has 5 nitrogen and oxygen atoms in total. The van der Waals surface area contributed by atoms with Gasteiger partial charge in [-0.05, 0) is 41.8 Å². The molecule has 0 bridgehead atoms. The molecule has 1 aliphatic heterocycles. The monoisotopic (exact) mass is 351 g/mol. The van der Waals surface area contributed by atoms with Crippen LogP contribution < -0.4 is 4.90 Å². The van der Waals surface area contributed by atoms with Crippen LogP contribution in [0.2, 0.25) is 0 Å². The van der Waals surface area contributed by atoms with Gasteiger partial charge in [0, 0.05) is 24.4 Å². The van der Waals surface area contributed by atoms with Crippen LogP contribution in [0.4, 0.5) is 5.69 Å². The number of carboxylic acids is 1. The minimum Gasteiger partial charge on any atom is -0.481 e. The number of anilines is 1. The van der Waals surface area contributed by atoms with Crippen molar-refractivity contribution in [3.63, 3.8) is 0 Å². The topological polar surface area (TPSA) is 66.8 Å². The van der Waals surface area contributed by atoms with E-state index in [1.54, 1.807) is 13.0 Å². The first-order valence-corrected chi connectivity index (χ1v) is 8.58. The summed E-state index contributed by atoms with van der Waals surface area (Å²) in [5.41, 5.74) is 4.68. The summed E-state index contributed by atoms with van der Waals surface area (Å²) in [5.74, 6) is -1.65. The standard InChI is InChI=1S/C21H21NO4/c1-2-26-21(25)18(12-20(23)24)11-15-7-9-19(10-8-15)22-13-16-5-3-4-6-17(16)14-22/h3-11H,2,12-14H2,1H3,(H,23,24). The van der Waals surface area contributed by atoms with Gasteiger partial charge in [-0.2, -0.15) is 0 Å². The lowest BCUT2D eigenvalue weighted by atomic mass is 10.1. The number of ether oxygens (including phenoxy) is 1. The Balaban J connectivity index is 1.76. The first-order chi connectivity index (χ1) is 12.6. The number of aliphatic carboxylic acids is 1. The molecule has 0 saturated heterocycles. The van der Waals surface area contributed by atoms with Crippen LogP contribution >= 0.6 is 0 Å². The van der Waals surface area contributed by atoms with Crippen molar-refractivity contribution in [2.24, 2.45) is 0 Å². The van der Waals surface area contributed by atoms with Crippen LogP contribution in [0.1, 0.15) is 30.0 Å². The van der Waals surface area contributed by atoms with Gasteiger partial charge in [0.15, 0.2) is 0 Å². The summed E-state index contributed by atoms with van der Waals surface area (Å²) in [4.78, 5) is 25.2. The van der Waals surface area contributed by atoms with Gasteiger partial charge in [0.25, 0.3) is 0 Å². The highest BCUT2D eigenvalue weighted by molar-refractivity contribution is 5.98. The molecule has 0 saturated carbocycles. The molecule has 0 radical (unpaired) electrons. The van der Waals surface area contributed by atoms with Gasteiger partial charge in [0.2, 0.25) is 0 Å². The van der Waals surface area contributed by atoms with E-state index in [4.69, 9.17) is 9.84 Å². The van der Waals surface area contributed by atoms with Crippen molar-refractivity contribution in [2.75, 3.05) is 11.5 Å². The van der Waals surface area contributed by atoms with Crippen LogP contribution in [0.15, 0.2) is 54.1 Å². The van der Waals surface area contributed by atoms with Crippen LogP contribution in [-0.2, 0) is 27.4 Å². The number of carbonyl (C=O) groups excluding carboxylic acids is 1. The van der Waals surface area contributed by atoms with E-state index in [2.05, 4.69) is 29.2 Å². The van der Waals surface area contributed by atoms with E-state index < -0.39 is 11.9 Å². The fourth-order valence-corrected chi connectivity index (χ4v) is 3.07. The highest BCUT2D eigenvalue weighted by Gasteiger charge is 2.18. The fourth-order valence-electron chi connectivity index (χ4n) is 3.07. The number of carboxylic acid groups (broad SMARTS) is 1. The molecule has 3 rings (SSSR count). The third kappa shape index (κ3) is 4.11. The summed E-state index contributed by atoms with van der Waals surface area (Å²) >= 11 is 0. The second-order valence-electron chi connectivity index (χ2n) is 6.18. The molecule has 0 fully saturated rings. The summed E-state index contributed by atoms with van der Waals surface area (Å²) in [6.07, 6.45) is 1.22. The van der Waals surface area contributed by atoms with Gasteiger partial charge in [-0.3, -0.25) is 4.79 Å². The normalized spacial score (nSPS) is 13.4. The molecule has 0 aliphatic carbocycles. The van der Waals surface area contributed by atoms with E-state index in [9.17, 15) is 9.59 Å². The number of nitrogens with zero attached hydrogens (tertiary/aromatic N) is 1. The van der Waals surface area contributed by atoms with Crippen LogP contribution in [-0.4, -0.2) is 23.7 Å². The third-order valence-corrected chi connectivity index (χ3v) is 4.32. The predicted octanol–water partition coefficient (Wildman–Crippen LogP) is 3.63. The predicted molar refractivity (Wildman–Crippen MR) is 99.6 cm³/mol. The van der Waals surface area contributed by atoms with Crippen LogP contribution in [0.3, 0.4) is 0 Å². The molecule has 5 heteroatoms. The zero-order valence-electron chi connectivity index (χ0n) is 14.6. The van der Waals surface area contributed by atoms with Crippen molar-refractivity contribution in [1.29, 1.82) is 0 Å². The van der Waals surface area contributed by atoms with Gasteiger partial charge in [-0.25, -0.2) is 4.79 Å². The Morgan fingerprint density at radius 2 is 1.69 bits per heavy atom. The average molecular weight is 351 g/mol. The number of carbonyl (C=O) groups is 2. The van der Waals surface area contributed by atoms with Crippen LogP contribution in [0.5, 0.6) is 0 Å². The van der Waals surface area contributed by atoms with Gasteiger partial charge < -0.3 is 14.7 Å². The van der Waals surface area contributed by atoms with Gasteiger partial charge in [-0.1, -0.05) is 36.4 Å². The highest BCUT2D eigenvalue weighted by Crippen LogP contribution is 2.28. The fraction of sp³-hybridized carbons (Fsp3) is 0.238. The number of esters is 1. The maximum absolute atomic E-state index is 11.9. The summed E-state index contributed by atoms with van der Waals surface area (Å²) in [7, 11) is 0. The van der Waals surface area contributed by atoms with Crippen LogP contribution in [0, 0.1) is 0 Å². The molecule has 26 heavy (non-hydrogen) atoms. The summed E-state index contributed by atoms with van der Waals surface area (Å²) < 4.78 is 4.94. The number of rotatable bonds is 6. The molecule has 2 aromatic carbocycles. The van der Waals surface area contributed by atoms with E-state index in [0.29, 0.717) is 0 Å². The second kappa shape index (κ2) is 7.87. The zero-order valence-corrected chi connectivity index (χ0v) is 14.6. The Kier molecular flexibility index (Phi) is 5.37. The first-order valence-electron chi connectivity index (χ1n) is 8.58. The lowest BCUT2D eigenvalue weighted by Crippen LogP contribution is -2.14. The van der Waals surface area contributed by atoms with Crippen molar-refractivity contribution in [3.8, 4) is 0 Å².